The number of hydrogen-bond acceptors (Lipinski definition) is 7. The number of hydrogen-bond donors (Lipinski definition) is 0. The zero-order chi connectivity index (χ0) is 27.8. The van der Waals surface area contributed by atoms with Gasteiger partial charge >= 0.3 is 0 Å². The number of amides is 1. The predicted octanol–water partition coefficient (Wildman–Crippen LogP) is 6.83. The van der Waals surface area contributed by atoms with Gasteiger partial charge in [0.2, 0.25) is 11.0 Å². The molecule has 0 unspecified atom stereocenters. The molecule has 10 heteroatoms. The molecule has 4 rings (SSSR count). The van der Waals surface area contributed by atoms with Gasteiger partial charge in [-0.25, -0.2) is 0 Å². The van der Waals surface area contributed by atoms with Gasteiger partial charge in [-0.1, -0.05) is 51.1 Å². The van der Waals surface area contributed by atoms with Crippen LogP contribution in [0.4, 0.5) is 5.69 Å². The van der Waals surface area contributed by atoms with E-state index in [1.165, 1.54) is 12.1 Å². The van der Waals surface area contributed by atoms with Gasteiger partial charge in [0.25, 0.3) is 5.69 Å². The molecule has 0 aromatic heterocycles. The number of fused-ring (bicyclic) bond motifs is 1. The molecule has 0 bridgehead atoms. The van der Waals surface area contributed by atoms with Crippen LogP contribution >= 0.6 is 24.0 Å². The average Bonchev–Trinajstić information content (AvgIpc) is 3.16. The summed E-state index contributed by atoms with van der Waals surface area (Å²) in [7, 11) is -2.05. The number of nitrogens with zero attached hydrogens (tertiary/aromatic N) is 2. The summed E-state index contributed by atoms with van der Waals surface area (Å²) in [5.74, 6) is -0.247. The van der Waals surface area contributed by atoms with Gasteiger partial charge in [-0.3, -0.25) is 19.8 Å². The summed E-state index contributed by atoms with van der Waals surface area (Å²) in [5.41, 5.74) is 2.56. The molecule has 0 radical (unpaired) electrons. The monoisotopic (exact) mass is 570 g/mol. The summed E-state index contributed by atoms with van der Waals surface area (Å²) < 4.78 is 12.6. The molecule has 0 aliphatic carbocycles. The topological polar surface area (TPSA) is 81.9 Å². The highest BCUT2D eigenvalue weighted by Gasteiger charge is 2.58. The van der Waals surface area contributed by atoms with Gasteiger partial charge in [0, 0.05) is 23.5 Å². The standard InChI is InChI=1S/C28H34N2O5S2Si/c1-18(35-38(5,6)28(2,3)4)23-25(31)29-24(22(37-26(23)29)16-19-10-8-7-9-11-19)27(36)34-17-20-12-14-21(15-13-20)30(32)33/h7-15,18,23,26H,16-17H2,1-6H3/t18-,23+,26+/m0/s1. The Bertz CT molecular complexity index is 1260. The molecule has 2 aliphatic rings. The highest BCUT2D eigenvalue weighted by Crippen LogP contribution is 2.52. The van der Waals surface area contributed by atoms with Gasteiger partial charge in [-0.2, -0.15) is 0 Å². The van der Waals surface area contributed by atoms with E-state index in [2.05, 4.69) is 46.0 Å². The lowest BCUT2D eigenvalue weighted by molar-refractivity contribution is -0.384. The third-order valence-electron chi connectivity index (χ3n) is 7.56. The van der Waals surface area contributed by atoms with Crippen LogP contribution in [-0.2, 0) is 27.0 Å². The highest BCUT2D eigenvalue weighted by molar-refractivity contribution is 8.04. The first-order valence-corrected chi connectivity index (χ1v) is 16.8. The van der Waals surface area contributed by atoms with Crippen molar-refractivity contribution in [1.82, 2.24) is 4.90 Å². The van der Waals surface area contributed by atoms with E-state index in [1.807, 2.05) is 25.1 Å². The van der Waals surface area contributed by atoms with Crippen LogP contribution in [0, 0.1) is 16.0 Å². The van der Waals surface area contributed by atoms with Crippen LogP contribution in [0.3, 0.4) is 0 Å². The number of allylic oxidation sites excluding steroid dienone is 1. The number of ether oxygens (including phenoxy) is 1. The molecule has 7 nitrogen and oxygen atoms in total. The molecular formula is C28H34N2O5S2Si. The zero-order valence-corrected chi connectivity index (χ0v) is 25.2. The predicted molar refractivity (Wildman–Crippen MR) is 157 cm³/mol. The molecule has 202 valence electrons. The van der Waals surface area contributed by atoms with E-state index in [9.17, 15) is 14.9 Å². The van der Waals surface area contributed by atoms with E-state index in [4.69, 9.17) is 21.4 Å². The number of carbonyl (C=O) groups excluding carboxylic acids is 1. The van der Waals surface area contributed by atoms with Crippen LogP contribution in [0.5, 0.6) is 0 Å². The maximum Gasteiger partial charge on any atom is 0.269 e. The minimum Gasteiger partial charge on any atom is -0.477 e. The van der Waals surface area contributed by atoms with Crippen molar-refractivity contribution in [1.29, 1.82) is 0 Å². The van der Waals surface area contributed by atoms with Crippen molar-refractivity contribution in [2.45, 2.75) is 70.3 Å². The number of thiocarbonyl (C=S) groups is 1. The van der Waals surface area contributed by atoms with Crippen molar-refractivity contribution in [3.05, 3.63) is 86.4 Å². The van der Waals surface area contributed by atoms with Gasteiger partial charge in [-0.05, 0) is 60.5 Å². The van der Waals surface area contributed by atoms with Crippen molar-refractivity contribution in [3.8, 4) is 0 Å². The Hall–Kier alpha value is -2.53. The fourth-order valence-corrected chi connectivity index (χ4v) is 7.80. The molecule has 2 aromatic carbocycles. The molecule has 1 fully saturated rings. The third kappa shape index (κ3) is 5.73. The van der Waals surface area contributed by atoms with Crippen molar-refractivity contribution in [3.63, 3.8) is 0 Å². The quantitative estimate of drug-likeness (QED) is 0.107. The Morgan fingerprint density at radius 3 is 2.34 bits per heavy atom. The first-order chi connectivity index (χ1) is 17.8. The van der Waals surface area contributed by atoms with E-state index in [0.717, 1.165) is 16.0 Å². The first kappa shape index (κ1) is 28.5. The molecule has 3 atom stereocenters. The summed E-state index contributed by atoms with van der Waals surface area (Å²) in [6.07, 6.45) is 0.441. The lowest BCUT2D eigenvalue weighted by atomic mass is 9.92. The van der Waals surface area contributed by atoms with Crippen LogP contribution in [0.2, 0.25) is 18.1 Å². The second-order valence-corrected chi connectivity index (χ2v) is 17.6. The normalized spacial score (nSPS) is 20.2. The number of benzene rings is 2. The summed E-state index contributed by atoms with van der Waals surface area (Å²) in [6.45, 7) is 13.2. The van der Waals surface area contributed by atoms with Gasteiger partial charge in [0.05, 0.1) is 16.9 Å². The Morgan fingerprint density at radius 2 is 1.76 bits per heavy atom. The summed E-state index contributed by atoms with van der Waals surface area (Å²) >= 11 is 7.38. The van der Waals surface area contributed by atoms with E-state index < -0.39 is 13.2 Å². The summed E-state index contributed by atoms with van der Waals surface area (Å²) in [6, 6.07) is 16.3. The SMILES string of the molecule is C[C@H](O[Si](C)(C)C(C)(C)C)[C@@H]1C(=O)N2C(C(=S)OCc3ccc([N+](=O)[O-])cc3)=C(Cc3ccccc3)S[C@H]12. The molecule has 2 aliphatic heterocycles. The molecular weight excluding hydrogens is 537 g/mol. The number of non-ortho nitro benzene ring substituents is 1. The third-order valence-corrected chi connectivity index (χ3v) is 13.8. The minimum atomic E-state index is -2.05. The lowest BCUT2D eigenvalue weighted by Gasteiger charge is -2.48. The highest BCUT2D eigenvalue weighted by atomic mass is 32.2. The van der Waals surface area contributed by atoms with Gasteiger partial charge < -0.3 is 9.16 Å². The number of carbonyl (C=O) groups is 1. The van der Waals surface area contributed by atoms with Crippen molar-refractivity contribution in [2.24, 2.45) is 5.92 Å². The largest absolute Gasteiger partial charge is 0.477 e. The number of thioether (sulfide) groups is 1. The molecule has 0 N–H and O–H groups in total. The molecule has 0 spiro atoms. The number of β-lactam (4-membered cyclic amide) rings is 1. The van der Waals surface area contributed by atoms with Crippen LogP contribution in [0.1, 0.15) is 38.8 Å². The van der Waals surface area contributed by atoms with Crippen molar-refractivity contribution >= 4 is 48.9 Å². The minimum absolute atomic E-state index is 0.00746. The number of nitro groups is 1. The Labute approximate surface area is 234 Å². The average molecular weight is 571 g/mol. The zero-order valence-electron chi connectivity index (χ0n) is 22.6. The van der Waals surface area contributed by atoms with Gasteiger partial charge in [0.15, 0.2) is 8.32 Å². The van der Waals surface area contributed by atoms with Crippen molar-refractivity contribution in [2.75, 3.05) is 0 Å². The molecule has 2 heterocycles. The maximum atomic E-state index is 13.5. The lowest BCUT2D eigenvalue weighted by Crippen LogP contribution is -2.62. The fourth-order valence-electron chi connectivity index (χ4n) is 4.38. The van der Waals surface area contributed by atoms with Crippen molar-refractivity contribution < 1.29 is 18.9 Å². The van der Waals surface area contributed by atoms with E-state index in [0.29, 0.717) is 12.1 Å². The smallest absolute Gasteiger partial charge is 0.269 e. The van der Waals surface area contributed by atoms with E-state index in [1.54, 1.807) is 28.8 Å². The van der Waals surface area contributed by atoms with Crippen LogP contribution in [-0.4, -0.2) is 40.6 Å². The van der Waals surface area contributed by atoms with Gasteiger partial charge in [0.1, 0.15) is 17.7 Å². The summed E-state index contributed by atoms with van der Waals surface area (Å²) in [4.78, 5) is 26.8. The van der Waals surface area contributed by atoms with E-state index in [-0.39, 0.29) is 45.7 Å². The molecule has 0 saturated carbocycles. The Kier molecular flexibility index (Phi) is 8.18. The van der Waals surface area contributed by atoms with Crippen LogP contribution < -0.4 is 0 Å². The van der Waals surface area contributed by atoms with Gasteiger partial charge in [-0.15, -0.1) is 11.8 Å². The Balaban J connectivity index is 1.53. The van der Waals surface area contributed by atoms with Crippen LogP contribution in [0.15, 0.2) is 65.2 Å². The van der Waals surface area contributed by atoms with E-state index >= 15 is 0 Å². The first-order valence-electron chi connectivity index (χ1n) is 12.7. The Morgan fingerprint density at radius 1 is 1.13 bits per heavy atom. The van der Waals surface area contributed by atoms with Crippen LogP contribution in [0.25, 0.3) is 0 Å². The number of nitro benzene ring substituents is 1. The number of rotatable bonds is 9. The molecule has 38 heavy (non-hydrogen) atoms. The molecule has 1 saturated heterocycles. The molecule has 1 amide bonds. The fraction of sp³-hybridized carbons (Fsp3) is 0.429. The molecule has 2 aromatic rings. The summed E-state index contributed by atoms with van der Waals surface area (Å²) in [5, 5.41) is 11.2. The maximum absolute atomic E-state index is 13.5. The second kappa shape index (κ2) is 10.9. The second-order valence-electron chi connectivity index (χ2n) is 11.3.